The van der Waals surface area contributed by atoms with Gasteiger partial charge in [0.05, 0.1) is 12.6 Å². The van der Waals surface area contributed by atoms with Crippen molar-refractivity contribution in [3.63, 3.8) is 0 Å². The maximum atomic E-state index is 12.3. The van der Waals surface area contributed by atoms with E-state index in [4.69, 9.17) is 4.42 Å². The summed E-state index contributed by atoms with van der Waals surface area (Å²) in [5.74, 6) is 2.73. The van der Waals surface area contributed by atoms with Crippen molar-refractivity contribution in [1.82, 2.24) is 25.4 Å². The summed E-state index contributed by atoms with van der Waals surface area (Å²) < 4.78 is 7.32. The molecule has 1 aliphatic rings. The Bertz CT molecular complexity index is 749. The van der Waals surface area contributed by atoms with E-state index in [1.807, 2.05) is 18.5 Å². The van der Waals surface area contributed by atoms with Gasteiger partial charge in [-0.3, -0.25) is 0 Å². The van der Waals surface area contributed by atoms with Crippen LogP contribution in [0.4, 0.5) is 4.79 Å². The molecule has 2 atom stereocenters. The number of rotatable bonds is 5. The number of hydrogen-bond donors (Lipinski definition) is 3. The van der Waals surface area contributed by atoms with Crippen molar-refractivity contribution < 1.29 is 14.3 Å². The lowest BCUT2D eigenvalue weighted by Gasteiger charge is -2.25. The molecule has 3 rings (SSSR count). The molecule has 0 radical (unpaired) electrons. The Balaban J connectivity index is 1.59. The van der Waals surface area contributed by atoms with E-state index < -0.39 is 5.60 Å². The molecule has 0 aromatic carbocycles. The van der Waals surface area contributed by atoms with Gasteiger partial charge in [-0.15, -0.1) is 0 Å². The Morgan fingerprint density at radius 3 is 3.00 bits per heavy atom. The first-order valence-electron chi connectivity index (χ1n) is 8.66. The van der Waals surface area contributed by atoms with Gasteiger partial charge >= 0.3 is 6.03 Å². The average molecular weight is 347 g/mol. The maximum absolute atomic E-state index is 12.3. The Hall–Kier alpha value is -2.35. The smallest absolute Gasteiger partial charge is 0.315 e. The highest BCUT2D eigenvalue weighted by atomic mass is 16.4. The molecule has 8 heteroatoms. The van der Waals surface area contributed by atoms with Crippen molar-refractivity contribution in [3.8, 4) is 0 Å². The molecule has 1 aliphatic heterocycles. The SMILES string of the molecule is CCc1nc2n(n1)CCCC2NC(=O)NCC(C)(O)c1ccc(C)o1. The van der Waals surface area contributed by atoms with Gasteiger partial charge in [0.2, 0.25) is 0 Å². The monoisotopic (exact) mass is 347 g/mol. The summed E-state index contributed by atoms with van der Waals surface area (Å²) >= 11 is 0. The first-order chi connectivity index (χ1) is 11.9. The molecule has 0 aliphatic carbocycles. The number of aliphatic hydroxyl groups is 1. The Labute approximate surface area is 146 Å². The lowest BCUT2D eigenvalue weighted by molar-refractivity contribution is 0.0358. The Kier molecular flexibility index (Phi) is 4.80. The molecule has 3 heterocycles. The lowest BCUT2D eigenvalue weighted by atomic mass is 10.0. The first kappa shape index (κ1) is 17.5. The summed E-state index contributed by atoms with van der Waals surface area (Å²) in [6.45, 7) is 6.30. The van der Waals surface area contributed by atoms with E-state index in [0.717, 1.165) is 37.5 Å². The predicted octanol–water partition coefficient (Wildman–Crippen LogP) is 1.78. The van der Waals surface area contributed by atoms with Crippen LogP contribution in [0.3, 0.4) is 0 Å². The topological polar surface area (TPSA) is 105 Å². The Morgan fingerprint density at radius 2 is 2.32 bits per heavy atom. The van der Waals surface area contributed by atoms with Crippen LogP contribution in [-0.4, -0.2) is 32.4 Å². The second-order valence-electron chi connectivity index (χ2n) is 6.67. The van der Waals surface area contributed by atoms with Gasteiger partial charge in [0.1, 0.15) is 22.9 Å². The Morgan fingerprint density at radius 1 is 1.52 bits per heavy atom. The fourth-order valence-electron chi connectivity index (χ4n) is 2.96. The summed E-state index contributed by atoms with van der Waals surface area (Å²) in [4.78, 5) is 16.8. The van der Waals surface area contributed by atoms with Gasteiger partial charge in [0.25, 0.3) is 0 Å². The van der Waals surface area contributed by atoms with Crippen molar-refractivity contribution in [2.24, 2.45) is 0 Å². The molecular formula is C17H25N5O3. The lowest BCUT2D eigenvalue weighted by Crippen LogP contribution is -2.45. The van der Waals surface area contributed by atoms with Crippen molar-refractivity contribution in [2.45, 2.75) is 58.2 Å². The highest BCUT2D eigenvalue weighted by Crippen LogP contribution is 2.24. The maximum Gasteiger partial charge on any atom is 0.315 e. The largest absolute Gasteiger partial charge is 0.463 e. The zero-order chi connectivity index (χ0) is 18.0. The van der Waals surface area contributed by atoms with Crippen LogP contribution in [0.1, 0.15) is 55.9 Å². The molecular weight excluding hydrogens is 322 g/mol. The molecule has 0 spiro atoms. The highest BCUT2D eigenvalue weighted by molar-refractivity contribution is 5.74. The molecule has 8 nitrogen and oxygen atoms in total. The van der Waals surface area contributed by atoms with E-state index in [1.54, 1.807) is 19.1 Å². The number of nitrogens with one attached hydrogen (secondary N) is 2. The number of furan rings is 1. The van der Waals surface area contributed by atoms with Crippen LogP contribution in [0.5, 0.6) is 0 Å². The third-order valence-electron chi connectivity index (χ3n) is 4.40. The van der Waals surface area contributed by atoms with E-state index in [0.29, 0.717) is 11.5 Å². The zero-order valence-corrected chi connectivity index (χ0v) is 14.9. The number of carbonyl (C=O) groups excluding carboxylic acids is 1. The van der Waals surface area contributed by atoms with Crippen LogP contribution in [0.15, 0.2) is 16.5 Å². The zero-order valence-electron chi connectivity index (χ0n) is 14.9. The number of fused-ring (bicyclic) bond motifs is 1. The average Bonchev–Trinajstić information content (AvgIpc) is 3.20. The number of aromatic nitrogens is 3. The van der Waals surface area contributed by atoms with Crippen LogP contribution in [0, 0.1) is 6.92 Å². The fraction of sp³-hybridized carbons (Fsp3) is 0.588. The number of hydrogen-bond acceptors (Lipinski definition) is 5. The van der Waals surface area contributed by atoms with Crippen molar-refractivity contribution in [1.29, 1.82) is 0 Å². The van der Waals surface area contributed by atoms with E-state index in [1.165, 1.54) is 0 Å². The third-order valence-corrected chi connectivity index (χ3v) is 4.40. The van der Waals surface area contributed by atoms with Gasteiger partial charge in [-0.25, -0.2) is 14.5 Å². The quantitative estimate of drug-likeness (QED) is 0.765. The molecule has 0 bridgehead atoms. The van der Waals surface area contributed by atoms with Crippen LogP contribution in [0.2, 0.25) is 0 Å². The van der Waals surface area contributed by atoms with E-state index in [9.17, 15) is 9.90 Å². The number of urea groups is 1. The number of amides is 2. The molecule has 136 valence electrons. The molecule has 3 N–H and O–H groups in total. The van der Waals surface area contributed by atoms with Gasteiger partial charge in [-0.1, -0.05) is 6.92 Å². The first-order valence-corrected chi connectivity index (χ1v) is 8.66. The summed E-state index contributed by atoms with van der Waals surface area (Å²) in [5.41, 5.74) is -1.27. The van der Waals surface area contributed by atoms with Gasteiger partial charge in [-0.05, 0) is 38.8 Å². The molecule has 0 fully saturated rings. The number of carbonyl (C=O) groups is 1. The second-order valence-corrected chi connectivity index (χ2v) is 6.67. The van der Waals surface area contributed by atoms with E-state index in [2.05, 4.69) is 20.7 Å². The molecule has 2 amide bonds. The minimum Gasteiger partial charge on any atom is -0.463 e. The molecule has 2 aromatic heterocycles. The second kappa shape index (κ2) is 6.87. The molecule has 0 saturated heterocycles. The predicted molar refractivity (Wildman–Crippen MR) is 90.9 cm³/mol. The van der Waals surface area contributed by atoms with Crippen LogP contribution in [0.25, 0.3) is 0 Å². The standard InChI is InChI=1S/C17H25N5O3/c1-4-14-20-15-12(6-5-9-22(15)21-14)19-16(23)18-10-17(3,24)13-8-7-11(2)25-13/h7-8,12,24H,4-6,9-10H2,1-3H3,(H2,18,19,23). The van der Waals surface area contributed by atoms with Crippen LogP contribution in [-0.2, 0) is 18.6 Å². The van der Waals surface area contributed by atoms with Gasteiger partial charge in [-0.2, -0.15) is 5.10 Å². The van der Waals surface area contributed by atoms with Gasteiger partial charge in [0, 0.05) is 13.0 Å². The van der Waals surface area contributed by atoms with E-state index in [-0.39, 0.29) is 18.6 Å². The number of aryl methyl sites for hydroxylation is 3. The van der Waals surface area contributed by atoms with Crippen molar-refractivity contribution >= 4 is 6.03 Å². The summed E-state index contributed by atoms with van der Waals surface area (Å²) in [6, 6.07) is 2.98. The fourth-order valence-corrected chi connectivity index (χ4v) is 2.96. The van der Waals surface area contributed by atoms with Crippen LogP contribution < -0.4 is 10.6 Å². The highest BCUT2D eigenvalue weighted by Gasteiger charge is 2.29. The van der Waals surface area contributed by atoms with Crippen LogP contribution >= 0.6 is 0 Å². The third kappa shape index (κ3) is 3.84. The summed E-state index contributed by atoms with van der Waals surface area (Å²) in [6.07, 6.45) is 2.53. The molecule has 25 heavy (non-hydrogen) atoms. The van der Waals surface area contributed by atoms with Gasteiger partial charge in [0.15, 0.2) is 5.82 Å². The van der Waals surface area contributed by atoms with Crippen molar-refractivity contribution in [2.75, 3.05) is 6.54 Å². The molecule has 0 saturated carbocycles. The summed E-state index contributed by atoms with van der Waals surface area (Å²) in [5, 5.41) is 20.6. The molecule has 2 unspecified atom stereocenters. The minimum atomic E-state index is -1.27. The van der Waals surface area contributed by atoms with Crippen molar-refractivity contribution in [3.05, 3.63) is 35.3 Å². The van der Waals surface area contributed by atoms with E-state index >= 15 is 0 Å². The minimum absolute atomic E-state index is 0.0470. The normalized spacial score (nSPS) is 19.1. The number of nitrogens with zero attached hydrogens (tertiary/aromatic N) is 3. The van der Waals surface area contributed by atoms with Gasteiger partial charge < -0.3 is 20.2 Å². The molecule has 2 aromatic rings. The summed E-state index contributed by atoms with van der Waals surface area (Å²) in [7, 11) is 0.